The molecule has 1 saturated carbocycles. The standard InChI is InChI=1S/C17H22O2/c18-16(11-10-13-6-2-1-3-7-13)15-12-19-17-9-5-4-8-14(15)17/h4-5,8-9,13,15H,1-3,6-7,10-12H2. The lowest BCUT2D eigenvalue weighted by atomic mass is 9.84. The predicted octanol–water partition coefficient (Wildman–Crippen LogP) is 4.09. The Hall–Kier alpha value is -1.31. The van der Waals surface area contributed by atoms with Crippen LogP contribution >= 0.6 is 0 Å². The summed E-state index contributed by atoms with van der Waals surface area (Å²) in [6, 6.07) is 7.96. The van der Waals surface area contributed by atoms with Crippen LogP contribution < -0.4 is 4.74 Å². The van der Waals surface area contributed by atoms with Crippen LogP contribution in [0.25, 0.3) is 0 Å². The van der Waals surface area contributed by atoms with Gasteiger partial charge in [-0.1, -0.05) is 50.3 Å². The van der Waals surface area contributed by atoms with Crippen LogP contribution in [0.2, 0.25) is 0 Å². The highest BCUT2D eigenvalue weighted by Crippen LogP contribution is 2.35. The highest BCUT2D eigenvalue weighted by Gasteiger charge is 2.29. The highest BCUT2D eigenvalue weighted by atomic mass is 16.5. The number of ketones is 1. The fourth-order valence-corrected chi connectivity index (χ4v) is 3.43. The second-order valence-electron chi connectivity index (χ2n) is 5.91. The number of hydrogen-bond donors (Lipinski definition) is 0. The molecule has 2 aliphatic rings. The molecule has 2 heteroatoms. The summed E-state index contributed by atoms with van der Waals surface area (Å²) in [5.41, 5.74) is 1.09. The van der Waals surface area contributed by atoms with Gasteiger partial charge in [-0.05, 0) is 18.4 Å². The van der Waals surface area contributed by atoms with E-state index in [9.17, 15) is 4.79 Å². The smallest absolute Gasteiger partial charge is 0.143 e. The lowest BCUT2D eigenvalue weighted by molar-refractivity contribution is -0.121. The summed E-state index contributed by atoms with van der Waals surface area (Å²) in [5, 5.41) is 0. The van der Waals surface area contributed by atoms with Crippen molar-refractivity contribution >= 4 is 5.78 Å². The van der Waals surface area contributed by atoms with Gasteiger partial charge in [0.15, 0.2) is 0 Å². The Bertz CT molecular complexity index is 446. The van der Waals surface area contributed by atoms with Crippen LogP contribution in [-0.4, -0.2) is 12.4 Å². The predicted molar refractivity (Wildman–Crippen MR) is 75.5 cm³/mol. The van der Waals surface area contributed by atoms with E-state index in [1.807, 2.05) is 24.3 Å². The molecule has 0 spiro atoms. The molecule has 0 aromatic heterocycles. The lowest BCUT2D eigenvalue weighted by Crippen LogP contribution is -2.16. The Kier molecular flexibility index (Phi) is 3.86. The zero-order valence-electron chi connectivity index (χ0n) is 11.4. The van der Waals surface area contributed by atoms with E-state index in [1.54, 1.807) is 0 Å². The maximum absolute atomic E-state index is 12.4. The van der Waals surface area contributed by atoms with E-state index in [-0.39, 0.29) is 5.92 Å². The highest BCUT2D eigenvalue weighted by molar-refractivity contribution is 5.87. The molecule has 1 unspecified atom stereocenters. The summed E-state index contributed by atoms with van der Waals surface area (Å²) < 4.78 is 5.60. The number of fused-ring (bicyclic) bond motifs is 1. The average Bonchev–Trinajstić information content (AvgIpc) is 2.90. The second-order valence-corrected chi connectivity index (χ2v) is 5.91. The van der Waals surface area contributed by atoms with E-state index in [1.165, 1.54) is 32.1 Å². The molecule has 0 radical (unpaired) electrons. The van der Waals surface area contributed by atoms with Crippen LogP contribution in [0, 0.1) is 5.92 Å². The Labute approximate surface area is 115 Å². The average molecular weight is 258 g/mol. The molecule has 2 nitrogen and oxygen atoms in total. The first-order valence-corrected chi connectivity index (χ1v) is 7.59. The number of carbonyl (C=O) groups excluding carboxylic acids is 1. The molecule has 1 atom stereocenters. The minimum absolute atomic E-state index is 0.0141. The summed E-state index contributed by atoms with van der Waals surface area (Å²) in [4.78, 5) is 12.4. The second kappa shape index (κ2) is 5.77. The van der Waals surface area contributed by atoms with Gasteiger partial charge < -0.3 is 4.74 Å². The Balaban J connectivity index is 1.56. The summed E-state index contributed by atoms with van der Waals surface area (Å²) in [7, 11) is 0. The number of rotatable bonds is 4. The Morgan fingerprint density at radius 1 is 1.16 bits per heavy atom. The molecule has 1 aliphatic heterocycles. The van der Waals surface area contributed by atoms with Crippen molar-refractivity contribution in [3.05, 3.63) is 29.8 Å². The molecule has 1 fully saturated rings. The van der Waals surface area contributed by atoms with Gasteiger partial charge >= 0.3 is 0 Å². The minimum Gasteiger partial charge on any atom is -0.492 e. The molecule has 1 aliphatic carbocycles. The van der Waals surface area contributed by atoms with E-state index in [2.05, 4.69) is 0 Å². The Morgan fingerprint density at radius 3 is 2.79 bits per heavy atom. The van der Waals surface area contributed by atoms with Gasteiger partial charge in [0.2, 0.25) is 0 Å². The van der Waals surface area contributed by atoms with Crippen LogP contribution in [0.3, 0.4) is 0 Å². The third kappa shape index (κ3) is 2.83. The molecular weight excluding hydrogens is 236 g/mol. The van der Waals surface area contributed by atoms with Crippen molar-refractivity contribution in [3.8, 4) is 5.75 Å². The van der Waals surface area contributed by atoms with Crippen molar-refractivity contribution in [2.75, 3.05) is 6.61 Å². The molecule has 0 amide bonds. The topological polar surface area (TPSA) is 26.3 Å². The number of para-hydroxylation sites is 1. The number of benzene rings is 1. The molecule has 19 heavy (non-hydrogen) atoms. The van der Waals surface area contributed by atoms with E-state index in [0.29, 0.717) is 12.4 Å². The van der Waals surface area contributed by atoms with Gasteiger partial charge in [-0.2, -0.15) is 0 Å². The first kappa shape index (κ1) is 12.7. The molecular formula is C17H22O2. The first-order chi connectivity index (χ1) is 9.34. The zero-order valence-corrected chi connectivity index (χ0v) is 11.4. The molecule has 102 valence electrons. The number of carbonyl (C=O) groups is 1. The minimum atomic E-state index is -0.0141. The molecule has 0 saturated heterocycles. The van der Waals surface area contributed by atoms with Crippen molar-refractivity contribution in [1.82, 2.24) is 0 Å². The molecule has 1 aromatic carbocycles. The van der Waals surface area contributed by atoms with Gasteiger partial charge in [-0.3, -0.25) is 4.79 Å². The number of ether oxygens (including phenoxy) is 1. The van der Waals surface area contributed by atoms with Crippen LogP contribution in [0.1, 0.15) is 56.4 Å². The van der Waals surface area contributed by atoms with Crippen LogP contribution in [-0.2, 0) is 4.79 Å². The largest absolute Gasteiger partial charge is 0.492 e. The fraction of sp³-hybridized carbons (Fsp3) is 0.588. The van der Waals surface area contributed by atoms with Crippen molar-refractivity contribution in [1.29, 1.82) is 0 Å². The van der Waals surface area contributed by atoms with Crippen molar-refractivity contribution in [2.45, 2.75) is 50.9 Å². The van der Waals surface area contributed by atoms with Gasteiger partial charge in [0.1, 0.15) is 18.1 Å². The third-order valence-corrected chi connectivity index (χ3v) is 4.61. The van der Waals surface area contributed by atoms with Gasteiger partial charge in [0.05, 0.1) is 5.92 Å². The summed E-state index contributed by atoms with van der Waals surface area (Å²) in [5.74, 6) is 2.05. The normalized spacial score (nSPS) is 22.8. The molecule has 3 rings (SSSR count). The van der Waals surface area contributed by atoms with E-state index in [0.717, 1.165) is 30.1 Å². The summed E-state index contributed by atoms with van der Waals surface area (Å²) in [6.45, 7) is 0.544. The van der Waals surface area contributed by atoms with Crippen LogP contribution in [0.5, 0.6) is 5.75 Å². The first-order valence-electron chi connectivity index (χ1n) is 7.59. The van der Waals surface area contributed by atoms with Gasteiger partial charge in [0, 0.05) is 12.0 Å². The monoisotopic (exact) mass is 258 g/mol. The molecule has 0 bridgehead atoms. The van der Waals surface area contributed by atoms with Gasteiger partial charge in [0.25, 0.3) is 0 Å². The van der Waals surface area contributed by atoms with E-state index < -0.39 is 0 Å². The Morgan fingerprint density at radius 2 is 1.95 bits per heavy atom. The molecule has 1 heterocycles. The van der Waals surface area contributed by atoms with Crippen molar-refractivity contribution in [2.24, 2.45) is 5.92 Å². The quantitative estimate of drug-likeness (QED) is 0.813. The lowest BCUT2D eigenvalue weighted by Gasteiger charge is -2.21. The van der Waals surface area contributed by atoms with Gasteiger partial charge in [-0.25, -0.2) is 0 Å². The van der Waals surface area contributed by atoms with E-state index >= 15 is 0 Å². The maximum atomic E-state index is 12.4. The molecule has 1 aromatic rings. The maximum Gasteiger partial charge on any atom is 0.143 e. The molecule has 0 N–H and O–H groups in total. The fourth-order valence-electron chi connectivity index (χ4n) is 3.43. The van der Waals surface area contributed by atoms with Crippen LogP contribution in [0.15, 0.2) is 24.3 Å². The van der Waals surface area contributed by atoms with Crippen molar-refractivity contribution < 1.29 is 9.53 Å². The van der Waals surface area contributed by atoms with Gasteiger partial charge in [-0.15, -0.1) is 0 Å². The SMILES string of the molecule is O=C(CCC1CCCCC1)C1COc2ccccc21. The van der Waals surface area contributed by atoms with E-state index in [4.69, 9.17) is 4.74 Å². The van der Waals surface area contributed by atoms with Crippen LogP contribution in [0.4, 0.5) is 0 Å². The number of Topliss-reactive ketones (excluding diaryl/α,β-unsaturated/α-hetero) is 1. The van der Waals surface area contributed by atoms with Crippen molar-refractivity contribution in [3.63, 3.8) is 0 Å². The third-order valence-electron chi connectivity index (χ3n) is 4.61. The zero-order chi connectivity index (χ0) is 13.1. The summed E-state index contributed by atoms with van der Waals surface area (Å²) >= 11 is 0. The number of hydrogen-bond acceptors (Lipinski definition) is 2. The summed E-state index contributed by atoms with van der Waals surface area (Å²) in [6.07, 6.45) is 8.55.